The van der Waals surface area contributed by atoms with E-state index in [2.05, 4.69) is 10.2 Å². The van der Waals surface area contributed by atoms with Crippen LogP contribution in [0.5, 0.6) is 5.75 Å². The molecule has 0 aliphatic heterocycles. The highest BCUT2D eigenvalue weighted by atomic mass is 35.5. The molecule has 0 aliphatic carbocycles. The number of aromatic nitrogens is 2. The summed E-state index contributed by atoms with van der Waals surface area (Å²) >= 11 is 7.19. The molecule has 0 aliphatic rings. The highest BCUT2D eigenvalue weighted by Crippen LogP contribution is 2.29. The average Bonchev–Trinajstić information content (AvgIpc) is 3.09. The van der Waals surface area contributed by atoms with E-state index in [-0.39, 0.29) is 11.0 Å². The molecule has 7 heteroatoms. The number of halogens is 1. The second-order valence-electron chi connectivity index (χ2n) is 5.24. The number of ether oxygens (including phenoxy) is 1. The maximum absolute atomic E-state index is 12.5. The van der Waals surface area contributed by atoms with Crippen molar-refractivity contribution in [2.75, 3.05) is 7.11 Å². The Hall–Kier alpha value is -2.31. The summed E-state index contributed by atoms with van der Waals surface area (Å²) < 4.78 is 10.7. The summed E-state index contributed by atoms with van der Waals surface area (Å²) in [5, 5.41) is 8.58. The van der Waals surface area contributed by atoms with E-state index in [1.54, 1.807) is 50.4 Å². The molecule has 0 radical (unpaired) electrons. The minimum absolute atomic E-state index is 0.0184. The molecule has 128 valence electrons. The van der Waals surface area contributed by atoms with E-state index >= 15 is 0 Å². The van der Waals surface area contributed by atoms with Crippen LogP contribution in [0.15, 0.2) is 58.2 Å². The van der Waals surface area contributed by atoms with Crippen LogP contribution < -0.4 is 4.74 Å². The fourth-order valence-corrected chi connectivity index (χ4v) is 3.14. The number of hydrogen-bond acceptors (Lipinski definition) is 6. The van der Waals surface area contributed by atoms with Crippen LogP contribution in [0.3, 0.4) is 0 Å². The lowest BCUT2D eigenvalue weighted by Gasteiger charge is -2.08. The summed E-state index contributed by atoms with van der Waals surface area (Å²) in [4.78, 5) is 12.5. The maximum Gasteiger partial charge on any atom is 0.277 e. The van der Waals surface area contributed by atoms with Crippen molar-refractivity contribution < 1.29 is 13.9 Å². The summed E-state index contributed by atoms with van der Waals surface area (Å²) in [5.74, 6) is 1.06. The Morgan fingerprint density at radius 1 is 1.20 bits per heavy atom. The molecule has 1 heterocycles. The summed E-state index contributed by atoms with van der Waals surface area (Å²) in [6.07, 6.45) is 0. The van der Waals surface area contributed by atoms with Crippen molar-refractivity contribution in [2.45, 2.75) is 17.4 Å². The van der Waals surface area contributed by atoms with E-state index in [0.29, 0.717) is 27.4 Å². The summed E-state index contributed by atoms with van der Waals surface area (Å²) in [6, 6.07) is 14.2. The highest BCUT2D eigenvalue weighted by molar-refractivity contribution is 8.00. The molecular weight excluding hydrogens is 360 g/mol. The van der Waals surface area contributed by atoms with Gasteiger partial charge in [-0.05, 0) is 49.4 Å². The number of carbonyl (C=O) groups is 1. The average molecular weight is 375 g/mol. The van der Waals surface area contributed by atoms with Gasteiger partial charge in [0.1, 0.15) is 5.75 Å². The van der Waals surface area contributed by atoms with E-state index in [1.165, 1.54) is 11.8 Å². The highest BCUT2D eigenvalue weighted by Gasteiger charge is 2.20. The number of nitrogens with zero attached hydrogens (tertiary/aromatic N) is 2. The van der Waals surface area contributed by atoms with Crippen LogP contribution >= 0.6 is 23.4 Å². The van der Waals surface area contributed by atoms with Crippen LogP contribution in [0.25, 0.3) is 11.5 Å². The summed E-state index contributed by atoms with van der Waals surface area (Å²) in [5.41, 5.74) is 1.34. The Morgan fingerprint density at radius 3 is 2.64 bits per heavy atom. The topological polar surface area (TPSA) is 65.2 Å². The Balaban J connectivity index is 1.70. The molecule has 25 heavy (non-hydrogen) atoms. The van der Waals surface area contributed by atoms with E-state index in [4.69, 9.17) is 20.8 Å². The predicted molar refractivity (Wildman–Crippen MR) is 97.4 cm³/mol. The van der Waals surface area contributed by atoms with Crippen molar-refractivity contribution in [3.8, 4) is 17.2 Å². The van der Waals surface area contributed by atoms with E-state index in [9.17, 15) is 4.79 Å². The van der Waals surface area contributed by atoms with Crippen molar-refractivity contribution in [3.63, 3.8) is 0 Å². The van der Waals surface area contributed by atoms with Gasteiger partial charge in [-0.1, -0.05) is 29.4 Å². The van der Waals surface area contributed by atoms with Crippen LogP contribution in [-0.4, -0.2) is 28.3 Å². The molecule has 0 amide bonds. The van der Waals surface area contributed by atoms with Crippen LogP contribution in [0.2, 0.25) is 5.02 Å². The largest absolute Gasteiger partial charge is 0.497 e. The van der Waals surface area contributed by atoms with Gasteiger partial charge in [0.15, 0.2) is 5.78 Å². The SMILES string of the molecule is COc1ccc(C(=O)[C@@H](C)Sc2nnc(-c3cccc(Cl)c3)o2)cc1. The molecule has 5 nitrogen and oxygen atoms in total. The van der Waals surface area contributed by atoms with Gasteiger partial charge in [0.2, 0.25) is 5.89 Å². The molecule has 3 rings (SSSR count). The lowest BCUT2D eigenvalue weighted by atomic mass is 10.1. The van der Waals surface area contributed by atoms with E-state index in [0.717, 1.165) is 5.56 Å². The van der Waals surface area contributed by atoms with Gasteiger partial charge in [0.25, 0.3) is 5.22 Å². The molecule has 0 fully saturated rings. The molecule has 0 saturated heterocycles. The lowest BCUT2D eigenvalue weighted by Crippen LogP contribution is -2.13. The Bertz CT molecular complexity index is 880. The van der Waals surface area contributed by atoms with E-state index < -0.39 is 0 Å². The molecule has 2 aromatic carbocycles. The van der Waals surface area contributed by atoms with Gasteiger partial charge in [-0.25, -0.2) is 0 Å². The van der Waals surface area contributed by atoms with Gasteiger partial charge >= 0.3 is 0 Å². The van der Waals surface area contributed by atoms with Crippen molar-refractivity contribution in [1.82, 2.24) is 10.2 Å². The van der Waals surface area contributed by atoms with Crippen molar-refractivity contribution in [3.05, 3.63) is 59.1 Å². The number of rotatable bonds is 6. The van der Waals surface area contributed by atoms with E-state index in [1.807, 2.05) is 12.1 Å². The second kappa shape index (κ2) is 7.72. The van der Waals surface area contributed by atoms with Crippen LogP contribution in [-0.2, 0) is 0 Å². The van der Waals surface area contributed by atoms with Crippen LogP contribution in [0.1, 0.15) is 17.3 Å². The number of methoxy groups -OCH3 is 1. The third-order valence-electron chi connectivity index (χ3n) is 3.50. The zero-order chi connectivity index (χ0) is 17.8. The van der Waals surface area contributed by atoms with Gasteiger partial charge in [-0.3, -0.25) is 4.79 Å². The number of Topliss-reactive ketones (excluding diaryl/α,β-unsaturated/α-hetero) is 1. The van der Waals surface area contributed by atoms with Crippen molar-refractivity contribution in [1.29, 1.82) is 0 Å². The number of thioether (sulfide) groups is 1. The van der Waals surface area contributed by atoms with Gasteiger partial charge in [0, 0.05) is 16.1 Å². The predicted octanol–water partition coefficient (Wildman–Crippen LogP) is 4.76. The standard InChI is InChI=1S/C18H15ClN2O3S/c1-11(16(22)12-6-8-15(23-2)9-7-12)25-18-21-20-17(24-18)13-4-3-5-14(19)10-13/h3-11H,1-2H3/t11-/m1/s1. The fraction of sp³-hybridized carbons (Fsp3) is 0.167. The fourth-order valence-electron chi connectivity index (χ4n) is 2.19. The molecule has 0 N–H and O–H groups in total. The zero-order valence-electron chi connectivity index (χ0n) is 13.6. The number of hydrogen-bond donors (Lipinski definition) is 0. The van der Waals surface area contributed by atoms with Gasteiger partial charge in [-0.15, -0.1) is 10.2 Å². The third kappa shape index (κ3) is 4.21. The first-order chi connectivity index (χ1) is 12.1. The van der Waals surface area contributed by atoms with Gasteiger partial charge in [-0.2, -0.15) is 0 Å². The molecule has 1 aromatic heterocycles. The zero-order valence-corrected chi connectivity index (χ0v) is 15.2. The van der Waals surface area contributed by atoms with Crippen LogP contribution in [0.4, 0.5) is 0 Å². The van der Waals surface area contributed by atoms with Crippen LogP contribution in [0, 0.1) is 0 Å². The third-order valence-corrected chi connectivity index (χ3v) is 4.67. The van der Waals surface area contributed by atoms with Gasteiger partial charge < -0.3 is 9.15 Å². The first-order valence-electron chi connectivity index (χ1n) is 7.51. The Kier molecular flexibility index (Phi) is 5.40. The molecular formula is C18H15ClN2O3S. The Morgan fingerprint density at radius 2 is 1.96 bits per heavy atom. The minimum atomic E-state index is -0.360. The first-order valence-corrected chi connectivity index (χ1v) is 8.77. The minimum Gasteiger partial charge on any atom is -0.497 e. The number of carbonyl (C=O) groups excluding carboxylic acids is 1. The molecule has 1 atom stereocenters. The normalized spacial score (nSPS) is 12.0. The maximum atomic E-state index is 12.5. The molecule has 3 aromatic rings. The smallest absolute Gasteiger partial charge is 0.277 e. The quantitative estimate of drug-likeness (QED) is 0.457. The number of benzene rings is 2. The molecule has 0 saturated carbocycles. The first kappa shape index (κ1) is 17.5. The number of ketones is 1. The molecule has 0 bridgehead atoms. The van der Waals surface area contributed by atoms with Crippen molar-refractivity contribution >= 4 is 29.1 Å². The second-order valence-corrected chi connectivity index (χ2v) is 6.96. The van der Waals surface area contributed by atoms with Crippen molar-refractivity contribution in [2.24, 2.45) is 0 Å². The summed E-state index contributed by atoms with van der Waals surface area (Å²) in [6.45, 7) is 1.81. The monoisotopic (exact) mass is 374 g/mol. The Labute approximate surface area is 154 Å². The summed E-state index contributed by atoms with van der Waals surface area (Å²) in [7, 11) is 1.59. The molecule has 0 unspecified atom stereocenters. The van der Waals surface area contributed by atoms with Gasteiger partial charge in [0.05, 0.1) is 12.4 Å². The lowest BCUT2D eigenvalue weighted by molar-refractivity contribution is 0.0993. The molecule has 0 spiro atoms.